The number of aromatic nitrogens is 2. The maximum atomic E-state index is 13.1. The molecule has 0 saturated carbocycles. The molecule has 2 amide bonds. The summed E-state index contributed by atoms with van der Waals surface area (Å²) in [6.07, 6.45) is 1.18. The Morgan fingerprint density at radius 3 is 2.80 bits per heavy atom. The first-order chi connectivity index (χ1) is 12.0. The number of H-pyrrole nitrogens is 1. The number of carbonyl (C=O) groups excluding carboxylic acids is 2. The molecule has 0 unspecified atom stereocenters. The molecule has 1 fully saturated rings. The Balaban J connectivity index is 1.84. The van der Waals surface area contributed by atoms with Crippen LogP contribution in [0.2, 0.25) is 0 Å². The third kappa shape index (κ3) is 3.45. The van der Waals surface area contributed by atoms with E-state index < -0.39 is 12.1 Å². The van der Waals surface area contributed by atoms with Crippen molar-refractivity contribution in [3.63, 3.8) is 0 Å². The molecule has 0 spiro atoms. The average Bonchev–Trinajstić information content (AvgIpc) is 3.24. The van der Waals surface area contributed by atoms with E-state index in [1.165, 1.54) is 7.11 Å². The van der Waals surface area contributed by atoms with E-state index in [1.54, 1.807) is 0 Å². The van der Waals surface area contributed by atoms with E-state index in [-0.39, 0.29) is 17.9 Å². The molecule has 0 bridgehead atoms. The number of fused-ring (bicyclic) bond motifs is 1. The molecule has 1 saturated heterocycles. The van der Waals surface area contributed by atoms with E-state index in [2.05, 4.69) is 20.0 Å². The molecule has 1 aromatic carbocycles. The number of methoxy groups -OCH3 is 1. The van der Waals surface area contributed by atoms with Gasteiger partial charge in [-0.15, -0.1) is 0 Å². The SMILES string of the molecule is COC(=O)N[C@H](C(=O)N1CCC[C@H]1c1nc2ccccc2[nH]1)C(C)C. The molecule has 7 nitrogen and oxygen atoms in total. The number of para-hydroxylation sites is 2. The zero-order chi connectivity index (χ0) is 18.0. The fraction of sp³-hybridized carbons (Fsp3) is 0.500. The van der Waals surface area contributed by atoms with Crippen molar-refractivity contribution in [2.45, 2.75) is 38.8 Å². The zero-order valence-electron chi connectivity index (χ0n) is 14.8. The highest BCUT2D eigenvalue weighted by Gasteiger charge is 2.37. The number of amides is 2. The summed E-state index contributed by atoms with van der Waals surface area (Å²) in [6.45, 7) is 4.47. The molecule has 0 aliphatic carbocycles. The number of benzene rings is 1. The fourth-order valence-electron chi connectivity index (χ4n) is 3.32. The van der Waals surface area contributed by atoms with E-state index in [4.69, 9.17) is 0 Å². The van der Waals surface area contributed by atoms with Crippen LogP contribution in [0.5, 0.6) is 0 Å². The molecule has 1 aliphatic heterocycles. The predicted molar refractivity (Wildman–Crippen MR) is 93.9 cm³/mol. The van der Waals surface area contributed by atoms with Gasteiger partial charge in [0.15, 0.2) is 0 Å². The second-order valence-electron chi connectivity index (χ2n) is 6.69. The minimum absolute atomic E-state index is 0.0384. The molecule has 3 rings (SSSR count). The summed E-state index contributed by atoms with van der Waals surface area (Å²) in [5.41, 5.74) is 1.86. The Morgan fingerprint density at radius 1 is 1.36 bits per heavy atom. The largest absolute Gasteiger partial charge is 0.453 e. The standard InChI is InChI=1S/C18H24N4O3/c1-11(2)15(21-18(24)25-3)17(23)22-10-6-9-14(22)16-19-12-7-4-5-8-13(12)20-16/h4-5,7-8,11,14-15H,6,9-10H2,1-3H3,(H,19,20)(H,21,24)/t14-,15-/m0/s1. The van der Waals surface area contributed by atoms with Gasteiger partial charge in [-0.2, -0.15) is 0 Å². The Bertz CT molecular complexity index is 738. The number of nitrogens with one attached hydrogen (secondary N) is 2. The Hall–Kier alpha value is -2.57. The van der Waals surface area contributed by atoms with Crippen LogP contribution in [0.15, 0.2) is 24.3 Å². The van der Waals surface area contributed by atoms with Crippen molar-refractivity contribution < 1.29 is 14.3 Å². The lowest BCUT2D eigenvalue weighted by molar-refractivity contribution is -0.135. The molecule has 7 heteroatoms. The zero-order valence-corrected chi connectivity index (χ0v) is 14.8. The van der Waals surface area contributed by atoms with Crippen LogP contribution in [0.3, 0.4) is 0 Å². The van der Waals surface area contributed by atoms with Crippen LogP contribution < -0.4 is 5.32 Å². The van der Waals surface area contributed by atoms with Crippen LogP contribution in [-0.4, -0.2) is 46.6 Å². The lowest BCUT2D eigenvalue weighted by Gasteiger charge is -2.29. The van der Waals surface area contributed by atoms with Gasteiger partial charge in [0, 0.05) is 6.54 Å². The number of alkyl carbamates (subject to hydrolysis) is 1. The number of carbonyl (C=O) groups is 2. The van der Waals surface area contributed by atoms with Crippen LogP contribution in [0.25, 0.3) is 11.0 Å². The van der Waals surface area contributed by atoms with Crippen LogP contribution >= 0.6 is 0 Å². The molecule has 134 valence electrons. The number of ether oxygens (including phenoxy) is 1. The minimum atomic E-state index is -0.613. The Morgan fingerprint density at radius 2 is 2.12 bits per heavy atom. The summed E-state index contributed by atoms with van der Waals surface area (Å²) in [6, 6.07) is 7.11. The third-order valence-electron chi connectivity index (χ3n) is 4.65. The monoisotopic (exact) mass is 344 g/mol. The highest BCUT2D eigenvalue weighted by atomic mass is 16.5. The second kappa shape index (κ2) is 7.13. The van der Waals surface area contributed by atoms with Crippen molar-refractivity contribution in [3.05, 3.63) is 30.1 Å². The van der Waals surface area contributed by atoms with Gasteiger partial charge >= 0.3 is 6.09 Å². The molecule has 25 heavy (non-hydrogen) atoms. The maximum absolute atomic E-state index is 13.1. The van der Waals surface area contributed by atoms with E-state index in [0.717, 1.165) is 29.7 Å². The number of hydrogen-bond acceptors (Lipinski definition) is 4. The van der Waals surface area contributed by atoms with Crippen molar-refractivity contribution in [1.29, 1.82) is 0 Å². The first-order valence-corrected chi connectivity index (χ1v) is 8.61. The molecular weight excluding hydrogens is 320 g/mol. The van der Waals surface area contributed by atoms with Crippen LogP contribution in [0.4, 0.5) is 4.79 Å². The Labute approximate surface area is 146 Å². The van der Waals surface area contributed by atoms with E-state index in [0.29, 0.717) is 6.54 Å². The van der Waals surface area contributed by atoms with E-state index in [1.807, 2.05) is 43.0 Å². The van der Waals surface area contributed by atoms with E-state index in [9.17, 15) is 9.59 Å². The molecule has 0 radical (unpaired) electrons. The van der Waals surface area contributed by atoms with Gasteiger partial charge in [-0.25, -0.2) is 9.78 Å². The molecule has 2 atom stereocenters. The number of nitrogens with zero attached hydrogens (tertiary/aromatic N) is 2. The van der Waals surface area contributed by atoms with Crippen molar-refractivity contribution in [2.24, 2.45) is 5.92 Å². The van der Waals surface area contributed by atoms with Crippen molar-refractivity contribution in [2.75, 3.05) is 13.7 Å². The molecule has 2 aromatic rings. The number of likely N-dealkylation sites (tertiary alicyclic amines) is 1. The number of imidazole rings is 1. The second-order valence-corrected chi connectivity index (χ2v) is 6.69. The van der Waals surface area contributed by atoms with Gasteiger partial charge < -0.3 is 19.9 Å². The van der Waals surface area contributed by atoms with Crippen molar-refractivity contribution >= 4 is 23.0 Å². The number of aromatic amines is 1. The van der Waals surface area contributed by atoms with Gasteiger partial charge in [-0.05, 0) is 30.9 Å². The van der Waals surface area contributed by atoms with Crippen LogP contribution in [-0.2, 0) is 9.53 Å². The summed E-state index contributed by atoms with van der Waals surface area (Å²) < 4.78 is 4.66. The molecule has 2 N–H and O–H groups in total. The van der Waals surface area contributed by atoms with Gasteiger partial charge in [0.25, 0.3) is 0 Å². The van der Waals surface area contributed by atoms with Gasteiger partial charge in [0.1, 0.15) is 11.9 Å². The topological polar surface area (TPSA) is 87.3 Å². The Kier molecular flexibility index (Phi) is 4.92. The van der Waals surface area contributed by atoms with Crippen LogP contribution in [0.1, 0.15) is 38.6 Å². The molecular formula is C18H24N4O3. The molecule has 2 heterocycles. The van der Waals surface area contributed by atoms with E-state index >= 15 is 0 Å². The summed E-state index contributed by atoms with van der Waals surface area (Å²) in [7, 11) is 1.30. The minimum Gasteiger partial charge on any atom is -0.453 e. The van der Waals surface area contributed by atoms with Crippen LogP contribution in [0, 0.1) is 5.92 Å². The fourth-order valence-corrected chi connectivity index (χ4v) is 3.32. The predicted octanol–water partition coefficient (Wildman–Crippen LogP) is 2.61. The van der Waals surface area contributed by atoms with Gasteiger partial charge in [-0.3, -0.25) is 4.79 Å². The lowest BCUT2D eigenvalue weighted by atomic mass is 10.0. The normalized spacial score (nSPS) is 18.6. The third-order valence-corrected chi connectivity index (χ3v) is 4.65. The van der Waals surface area contributed by atoms with Crippen molar-refractivity contribution in [3.8, 4) is 0 Å². The highest BCUT2D eigenvalue weighted by Crippen LogP contribution is 2.32. The lowest BCUT2D eigenvalue weighted by Crippen LogP contribution is -2.51. The summed E-state index contributed by atoms with van der Waals surface area (Å²) in [4.78, 5) is 34.4. The highest BCUT2D eigenvalue weighted by molar-refractivity contribution is 5.86. The first-order valence-electron chi connectivity index (χ1n) is 8.61. The number of rotatable bonds is 4. The number of hydrogen-bond donors (Lipinski definition) is 2. The van der Waals surface area contributed by atoms with Gasteiger partial charge in [0.05, 0.1) is 24.2 Å². The molecule has 1 aromatic heterocycles. The summed E-state index contributed by atoms with van der Waals surface area (Å²) >= 11 is 0. The molecule has 1 aliphatic rings. The first kappa shape index (κ1) is 17.3. The van der Waals surface area contributed by atoms with Gasteiger partial charge in [-0.1, -0.05) is 26.0 Å². The quantitative estimate of drug-likeness (QED) is 0.892. The smallest absolute Gasteiger partial charge is 0.407 e. The van der Waals surface area contributed by atoms with Gasteiger partial charge in [0.2, 0.25) is 5.91 Å². The van der Waals surface area contributed by atoms with Crippen molar-refractivity contribution in [1.82, 2.24) is 20.2 Å². The average molecular weight is 344 g/mol. The maximum Gasteiger partial charge on any atom is 0.407 e. The summed E-state index contributed by atoms with van der Waals surface area (Å²) in [5, 5.41) is 2.66. The summed E-state index contributed by atoms with van der Waals surface area (Å²) in [5.74, 6) is 0.666.